The lowest BCUT2D eigenvalue weighted by Crippen LogP contribution is -2.76. The fraction of sp³-hybridized carbons (Fsp3) is 0.917. The molecular formula is C24H44O8Si. The predicted molar refractivity (Wildman–Crippen MR) is 126 cm³/mol. The largest absolute Gasteiger partial charge is 0.457 e. The molecule has 33 heavy (non-hydrogen) atoms. The van der Waals surface area contributed by atoms with Gasteiger partial charge in [0, 0.05) is 25.9 Å². The fourth-order valence-electron chi connectivity index (χ4n) is 4.62. The van der Waals surface area contributed by atoms with Gasteiger partial charge in [0.25, 0.3) is 0 Å². The van der Waals surface area contributed by atoms with Gasteiger partial charge in [-0.1, -0.05) is 27.7 Å². The molecule has 0 spiro atoms. The van der Waals surface area contributed by atoms with Crippen molar-refractivity contribution in [2.75, 3.05) is 20.5 Å². The Morgan fingerprint density at radius 1 is 1.15 bits per heavy atom. The van der Waals surface area contributed by atoms with Crippen LogP contribution in [0.2, 0.25) is 18.1 Å². The maximum atomic E-state index is 13.0. The molecule has 1 heterocycles. The highest BCUT2D eigenvalue weighted by Crippen LogP contribution is 2.55. The summed E-state index contributed by atoms with van der Waals surface area (Å²) in [5.41, 5.74) is -2.58. The van der Waals surface area contributed by atoms with E-state index in [0.717, 1.165) is 0 Å². The van der Waals surface area contributed by atoms with Crippen LogP contribution in [0.3, 0.4) is 0 Å². The number of hydrogen-bond donors (Lipinski definition) is 0. The van der Waals surface area contributed by atoms with E-state index in [4.69, 9.17) is 28.1 Å². The van der Waals surface area contributed by atoms with Crippen molar-refractivity contribution < 1.29 is 37.7 Å². The van der Waals surface area contributed by atoms with E-state index in [1.807, 2.05) is 27.7 Å². The summed E-state index contributed by atoms with van der Waals surface area (Å²) in [5.74, 6) is -0.837. The molecule has 0 amide bonds. The lowest BCUT2D eigenvalue weighted by molar-refractivity contribution is -0.307. The van der Waals surface area contributed by atoms with Gasteiger partial charge in [0.1, 0.15) is 6.79 Å². The maximum absolute atomic E-state index is 13.0. The molecule has 0 N–H and O–H groups in total. The van der Waals surface area contributed by atoms with E-state index in [1.54, 1.807) is 0 Å². The Labute approximate surface area is 200 Å². The van der Waals surface area contributed by atoms with Gasteiger partial charge in [-0.05, 0) is 38.9 Å². The molecule has 5 atom stereocenters. The van der Waals surface area contributed by atoms with Crippen molar-refractivity contribution in [1.29, 1.82) is 0 Å². The standard InChI is InChI=1S/C24H44O8Si/c1-16(25)29-20-23(8)13-19(26)31-24(20,14-28-15-27-9)18(12-17(23)30-21(2,3)4)32-33(10,11)22(5,6)7/h17-18,20H,12-15H2,1-11H3/t17-,18-,20+,23+,24-/m0/s1. The first-order valence-corrected chi connectivity index (χ1v) is 14.6. The molecule has 2 bridgehead atoms. The second-order valence-corrected chi connectivity index (χ2v) is 16.9. The molecule has 192 valence electrons. The molecular weight excluding hydrogens is 444 g/mol. The average Bonchev–Trinajstić information content (AvgIpc) is 2.60. The number of rotatable bonds is 8. The molecule has 0 unspecified atom stereocenters. The zero-order valence-electron chi connectivity index (χ0n) is 22.3. The van der Waals surface area contributed by atoms with Gasteiger partial charge in [-0.2, -0.15) is 0 Å². The number of esters is 2. The third kappa shape index (κ3) is 5.98. The minimum atomic E-state index is -2.32. The topological polar surface area (TPSA) is 89.5 Å². The monoisotopic (exact) mass is 488 g/mol. The van der Waals surface area contributed by atoms with Crippen LogP contribution in [-0.2, 0) is 37.7 Å². The number of methoxy groups -OCH3 is 1. The molecule has 2 aliphatic rings. The number of fused-ring (bicyclic) bond motifs is 2. The van der Waals surface area contributed by atoms with Gasteiger partial charge in [-0.15, -0.1) is 0 Å². The van der Waals surface area contributed by atoms with Gasteiger partial charge in [0.2, 0.25) is 0 Å². The molecule has 2 rings (SSSR count). The van der Waals surface area contributed by atoms with Crippen molar-refractivity contribution in [3.8, 4) is 0 Å². The fourth-order valence-corrected chi connectivity index (χ4v) is 5.98. The number of carbonyl (C=O) groups is 2. The summed E-state index contributed by atoms with van der Waals surface area (Å²) in [6, 6.07) is 0. The maximum Gasteiger partial charge on any atom is 0.307 e. The lowest BCUT2D eigenvalue weighted by atomic mass is 9.59. The Bertz CT molecular complexity index is 725. The van der Waals surface area contributed by atoms with E-state index < -0.39 is 43.1 Å². The summed E-state index contributed by atoms with van der Waals surface area (Å²) in [6.07, 6.45) is -1.20. The second kappa shape index (κ2) is 9.57. The van der Waals surface area contributed by atoms with E-state index in [0.29, 0.717) is 6.42 Å². The summed E-state index contributed by atoms with van der Waals surface area (Å²) in [6.45, 7) is 20.0. The van der Waals surface area contributed by atoms with Gasteiger partial charge in [0.15, 0.2) is 20.0 Å². The number of carbonyl (C=O) groups excluding carboxylic acids is 2. The molecule has 9 heteroatoms. The Kier molecular flexibility index (Phi) is 8.18. The van der Waals surface area contributed by atoms with Crippen LogP contribution in [0.25, 0.3) is 0 Å². The van der Waals surface area contributed by atoms with Crippen molar-refractivity contribution in [3.63, 3.8) is 0 Å². The van der Waals surface area contributed by atoms with Gasteiger partial charge in [-0.3, -0.25) is 9.59 Å². The van der Waals surface area contributed by atoms with E-state index in [2.05, 4.69) is 33.9 Å². The second-order valence-electron chi connectivity index (χ2n) is 12.2. The molecule has 8 nitrogen and oxygen atoms in total. The van der Waals surface area contributed by atoms with Gasteiger partial charge >= 0.3 is 11.9 Å². The smallest absolute Gasteiger partial charge is 0.307 e. The summed E-state index contributed by atoms with van der Waals surface area (Å²) in [4.78, 5) is 25.3. The van der Waals surface area contributed by atoms with Crippen molar-refractivity contribution >= 4 is 20.3 Å². The van der Waals surface area contributed by atoms with Crippen LogP contribution in [0, 0.1) is 5.41 Å². The van der Waals surface area contributed by atoms with E-state index in [-0.39, 0.29) is 36.9 Å². The molecule has 1 saturated heterocycles. The highest BCUT2D eigenvalue weighted by Gasteiger charge is 2.70. The highest BCUT2D eigenvalue weighted by molar-refractivity contribution is 6.74. The third-order valence-corrected chi connectivity index (χ3v) is 11.6. The van der Waals surface area contributed by atoms with E-state index in [1.165, 1.54) is 14.0 Å². The minimum Gasteiger partial charge on any atom is -0.457 e. The molecule has 1 aliphatic carbocycles. The third-order valence-electron chi connectivity index (χ3n) is 7.13. The summed E-state index contributed by atoms with van der Waals surface area (Å²) < 4.78 is 36.2. The molecule has 1 saturated carbocycles. The van der Waals surface area contributed by atoms with Crippen LogP contribution in [0.5, 0.6) is 0 Å². The van der Waals surface area contributed by atoms with Crippen molar-refractivity contribution in [2.45, 2.75) is 116 Å². The Morgan fingerprint density at radius 3 is 2.24 bits per heavy atom. The van der Waals surface area contributed by atoms with Crippen LogP contribution in [0.4, 0.5) is 0 Å². The first kappa shape index (κ1) is 28.2. The van der Waals surface area contributed by atoms with Gasteiger partial charge in [0.05, 0.1) is 30.8 Å². The van der Waals surface area contributed by atoms with Crippen LogP contribution < -0.4 is 0 Å². The van der Waals surface area contributed by atoms with Crippen LogP contribution in [0.15, 0.2) is 0 Å². The van der Waals surface area contributed by atoms with Crippen molar-refractivity contribution in [1.82, 2.24) is 0 Å². The molecule has 0 radical (unpaired) electrons. The first-order valence-electron chi connectivity index (χ1n) is 11.7. The van der Waals surface area contributed by atoms with E-state index >= 15 is 0 Å². The van der Waals surface area contributed by atoms with Crippen molar-refractivity contribution in [3.05, 3.63) is 0 Å². The van der Waals surface area contributed by atoms with E-state index in [9.17, 15) is 9.59 Å². The minimum absolute atomic E-state index is 0.0114. The first-order chi connectivity index (χ1) is 14.9. The Morgan fingerprint density at radius 2 is 1.76 bits per heavy atom. The normalized spacial score (nSPS) is 32.9. The summed E-state index contributed by atoms with van der Waals surface area (Å²) >= 11 is 0. The zero-order chi connectivity index (χ0) is 25.5. The quantitative estimate of drug-likeness (QED) is 0.217. The lowest BCUT2D eigenvalue weighted by Gasteiger charge is -2.61. The Balaban J connectivity index is 2.66. The van der Waals surface area contributed by atoms with Crippen LogP contribution >= 0.6 is 0 Å². The molecule has 2 fully saturated rings. The van der Waals surface area contributed by atoms with Gasteiger partial charge < -0.3 is 28.1 Å². The Hall–Kier alpha value is -1.00. The molecule has 0 aromatic heterocycles. The molecule has 0 aromatic carbocycles. The summed E-state index contributed by atoms with van der Waals surface area (Å²) in [5, 5.41) is -0.0850. The van der Waals surface area contributed by atoms with Crippen LogP contribution in [0.1, 0.15) is 68.2 Å². The predicted octanol–water partition coefficient (Wildman–Crippen LogP) is 4.21. The SMILES string of the molecule is COCOC[C@]12OC(=O)C[C@](C)([C@@H](OC(C)(C)C)C[C@@H]1O[Si](C)(C)C(C)(C)C)[C@H]2OC(C)=O. The number of ether oxygens (including phenoxy) is 5. The van der Waals surface area contributed by atoms with Crippen LogP contribution in [-0.4, -0.2) is 70.3 Å². The number of hydrogen-bond acceptors (Lipinski definition) is 8. The zero-order valence-corrected chi connectivity index (χ0v) is 23.3. The van der Waals surface area contributed by atoms with Crippen molar-refractivity contribution in [2.24, 2.45) is 5.41 Å². The molecule has 0 aromatic rings. The summed E-state index contributed by atoms with van der Waals surface area (Å²) in [7, 11) is -0.797. The highest BCUT2D eigenvalue weighted by atomic mass is 28.4. The average molecular weight is 489 g/mol. The van der Waals surface area contributed by atoms with Gasteiger partial charge in [-0.25, -0.2) is 0 Å². The molecule has 1 aliphatic heterocycles.